The molecule has 5 nitrogen and oxygen atoms in total. The standard InChI is InChI=1S/C25H20ClFN2O3S/c1-15-10-18(26)7-8-20(15)28-25-29-24(30)23(33-25)13-16-6-9-21(22(12-16)31-2)32-14-17-4-3-5-19(27)11-17/h3-13H,14H2,1-2H3,(H,28,29,30)/b23-13-. The highest BCUT2D eigenvalue weighted by Crippen LogP contribution is 2.33. The lowest BCUT2D eigenvalue weighted by molar-refractivity contribution is -0.115. The molecular weight excluding hydrogens is 463 g/mol. The fourth-order valence-corrected chi connectivity index (χ4v) is 4.23. The van der Waals surface area contributed by atoms with E-state index in [2.05, 4.69) is 10.3 Å². The van der Waals surface area contributed by atoms with Crippen molar-refractivity contribution in [2.24, 2.45) is 4.99 Å². The number of carbonyl (C=O) groups is 1. The second-order valence-electron chi connectivity index (χ2n) is 7.24. The number of thioether (sulfide) groups is 1. The minimum absolute atomic E-state index is 0.205. The average molecular weight is 483 g/mol. The number of benzene rings is 3. The highest BCUT2D eigenvalue weighted by molar-refractivity contribution is 8.18. The Balaban J connectivity index is 1.50. The zero-order valence-electron chi connectivity index (χ0n) is 17.9. The third-order valence-corrected chi connectivity index (χ3v) is 5.95. The summed E-state index contributed by atoms with van der Waals surface area (Å²) in [7, 11) is 1.54. The fraction of sp³-hybridized carbons (Fsp3) is 0.120. The van der Waals surface area contributed by atoms with Gasteiger partial charge in [-0.15, -0.1) is 0 Å². The van der Waals surface area contributed by atoms with Crippen LogP contribution in [0, 0.1) is 12.7 Å². The maximum absolute atomic E-state index is 13.4. The van der Waals surface area contributed by atoms with Crippen molar-refractivity contribution in [3.05, 3.63) is 93.1 Å². The summed E-state index contributed by atoms with van der Waals surface area (Å²) in [4.78, 5) is 17.5. The van der Waals surface area contributed by atoms with Gasteiger partial charge in [-0.3, -0.25) is 4.79 Å². The molecule has 33 heavy (non-hydrogen) atoms. The second-order valence-corrected chi connectivity index (χ2v) is 8.71. The first-order valence-corrected chi connectivity index (χ1v) is 11.2. The molecule has 8 heteroatoms. The quantitative estimate of drug-likeness (QED) is 0.421. The molecule has 0 bridgehead atoms. The van der Waals surface area contributed by atoms with Crippen LogP contribution in [0.1, 0.15) is 16.7 Å². The zero-order valence-corrected chi connectivity index (χ0v) is 19.5. The first-order valence-electron chi connectivity index (χ1n) is 10.0. The number of methoxy groups -OCH3 is 1. The second kappa shape index (κ2) is 10.1. The van der Waals surface area contributed by atoms with Gasteiger partial charge in [-0.05, 0) is 83.9 Å². The summed E-state index contributed by atoms with van der Waals surface area (Å²) in [6.45, 7) is 2.12. The number of ether oxygens (including phenoxy) is 2. The predicted molar refractivity (Wildman–Crippen MR) is 131 cm³/mol. The van der Waals surface area contributed by atoms with E-state index in [0.717, 1.165) is 16.8 Å². The van der Waals surface area contributed by atoms with Crippen LogP contribution < -0.4 is 14.8 Å². The number of hydrogen-bond donors (Lipinski definition) is 1. The maximum Gasteiger partial charge on any atom is 0.264 e. The molecule has 0 atom stereocenters. The van der Waals surface area contributed by atoms with Gasteiger partial charge in [0.25, 0.3) is 5.91 Å². The summed E-state index contributed by atoms with van der Waals surface area (Å²) >= 11 is 7.25. The molecule has 0 aromatic heterocycles. The van der Waals surface area contributed by atoms with Crippen LogP contribution in [0.4, 0.5) is 10.1 Å². The average Bonchev–Trinajstić information content (AvgIpc) is 3.13. The summed E-state index contributed by atoms with van der Waals surface area (Å²) in [6, 6.07) is 17.0. The van der Waals surface area contributed by atoms with Crippen LogP contribution in [-0.2, 0) is 11.4 Å². The van der Waals surface area contributed by atoms with E-state index in [4.69, 9.17) is 21.1 Å². The molecule has 1 heterocycles. The summed E-state index contributed by atoms with van der Waals surface area (Å²) in [5.74, 6) is 0.491. The van der Waals surface area contributed by atoms with Crippen molar-refractivity contribution < 1.29 is 18.7 Å². The Morgan fingerprint density at radius 3 is 2.73 bits per heavy atom. The molecule has 4 rings (SSSR count). The minimum Gasteiger partial charge on any atom is -0.493 e. The Hall–Kier alpha value is -3.29. The minimum atomic E-state index is -0.313. The van der Waals surface area contributed by atoms with Gasteiger partial charge >= 0.3 is 0 Å². The van der Waals surface area contributed by atoms with Crippen molar-refractivity contribution in [3.8, 4) is 11.5 Å². The number of amides is 1. The van der Waals surface area contributed by atoms with Crippen LogP contribution in [0.2, 0.25) is 5.02 Å². The summed E-state index contributed by atoms with van der Waals surface area (Å²) in [5, 5.41) is 3.92. The molecule has 1 saturated heterocycles. The van der Waals surface area contributed by atoms with Gasteiger partial charge in [0.1, 0.15) is 12.4 Å². The van der Waals surface area contributed by atoms with Crippen LogP contribution in [0.3, 0.4) is 0 Å². The first kappa shape index (κ1) is 22.9. The van der Waals surface area contributed by atoms with E-state index in [1.807, 2.05) is 25.1 Å². The number of rotatable bonds is 6. The monoisotopic (exact) mass is 482 g/mol. The lowest BCUT2D eigenvalue weighted by atomic mass is 10.2. The van der Waals surface area contributed by atoms with E-state index >= 15 is 0 Å². The molecular formula is C25H20ClFN2O3S. The lowest BCUT2D eigenvalue weighted by Crippen LogP contribution is -2.19. The molecule has 3 aromatic rings. The van der Waals surface area contributed by atoms with E-state index in [1.165, 1.54) is 31.0 Å². The molecule has 3 aromatic carbocycles. The highest BCUT2D eigenvalue weighted by atomic mass is 35.5. The topological polar surface area (TPSA) is 59.9 Å². The Labute approximate surface area is 200 Å². The Morgan fingerprint density at radius 2 is 1.97 bits per heavy atom. The van der Waals surface area contributed by atoms with E-state index in [1.54, 1.807) is 36.4 Å². The molecule has 1 N–H and O–H groups in total. The first-order chi connectivity index (χ1) is 15.9. The number of carbonyl (C=O) groups excluding carboxylic acids is 1. The van der Waals surface area contributed by atoms with Gasteiger partial charge in [-0.1, -0.05) is 29.8 Å². The third kappa shape index (κ3) is 5.74. The number of halogens is 2. The van der Waals surface area contributed by atoms with Crippen LogP contribution in [0.5, 0.6) is 11.5 Å². The van der Waals surface area contributed by atoms with Crippen molar-refractivity contribution in [2.75, 3.05) is 7.11 Å². The number of aryl methyl sites for hydroxylation is 1. The van der Waals surface area contributed by atoms with Gasteiger partial charge in [-0.2, -0.15) is 0 Å². The van der Waals surface area contributed by atoms with Crippen molar-refractivity contribution in [1.29, 1.82) is 0 Å². The fourth-order valence-electron chi connectivity index (χ4n) is 3.17. The van der Waals surface area contributed by atoms with E-state index in [-0.39, 0.29) is 18.3 Å². The largest absolute Gasteiger partial charge is 0.493 e. The van der Waals surface area contributed by atoms with E-state index < -0.39 is 0 Å². The van der Waals surface area contributed by atoms with Crippen LogP contribution in [-0.4, -0.2) is 18.2 Å². The SMILES string of the molecule is COc1cc(/C=C2\SC(=Nc3ccc(Cl)cc3C)NC2=O)ccc1OCc1cccc(F)c1. The van der Waals surface area contributed by atoms with Gasteiger partial charge < -0.3 is 14.8 Å². The molecule has 0 radical (unpaired) electrons. The molecule has 0 spiro atoms. The Morgan fingerprint density at radius 1 is 1.12 bits per heavy atom. The number of hydrogen-bond acceptors (Lipinski definition) is 5. The Bertz CT molecular complexity index is 1280. The van der Waals surface area contributed by atoms with Crippen LogP contribution in [0.15, 0.2) is 70.6 Å². The molecule has 1 aliphatic heterocycles. The number of aliphatic imine (C=N–C) groups is 1. The summed E-state index contributed by atoms with van der Waals surface area (Å²) in [6.07, 6.45) is 1.76. The third-order valence-electron chi connectivity index (χ3n) is 4.80. The lowest BCUT2D eigenvalue weighted by Gasteiger charge is -2.11. The maximum atomic E-state index is 13.4. The molecule has 0 unspecified atom stereocenters. The van der Waals surface area contributed by atoms with Gasteiger partial charge in [0.05, 0.1) is 17.7 Å². The van der Waals surface area contributed by atoms with Crippen molar-refractivity contribution in [2.45, 2.75) is 13.5 Å². The van der Waals surface area contributed by atoms with Gasteiger partial charge in [0, 0.05) is 5.02 Å². The Kier molecular flexibility index (Phi) is 7.01. The normalized spacial score (nSPS) is 15.7. The van der Waals surface area contributed by atoms with Crippen LogP contribution in [0.25, 0.3) is 6.08 Å². The molecule has 1 amide bonds. The van der Waals surface area contributed by atoms with Crippen molar-refractivity contribution in [1.82, 2.24) is 5.32 Å². The summed E-state index contributed by atoms with van der Waals surface area (Å²) < 4.78 is 24.6. The number of nitrogens with one attached hydrogen (secondary N) is 1. The molecule has 1 fully saturated rings. The van der Waals surface area contributed by atoms with Gasteiger partial charge in [-0.25, -0.2) is 9.38 Å². The van der Waals surface area contributed by atoms with Crippen molar-refractivity contribution in [3.63, 3.8) is 0 Å². The smallest absolute Gasteiger partial charge is 0.264 e. The van der Waals surface area contributed by atoms with E-state index in [0.29, 0.717) is 32.2 Å². The molecule has 0 saturated carbocycles. The highest BCUT2D eigenvalue weighted by Gasteiger charge is 2.24. The number of amidine groups is 1. The number of nitrogens with zero attached hydrogens (tertiary/aromatic N) is 1. The van der Waals surface area contributed by atoms with Gasteiger partial charge in [0.15, 0.2) is 16.7 Å². The van der Waals surface area contributed by atoms with Gasteiger partial charge in [0.2, 0.25) is 0 Å². The molecule has 0 aliphatic carbocycles. The van der Waals surface area contributed by atoms with Crippen LogP contribution >= 0.6 is 23.4 Å². The predicted octanol–water partition coefficient (Wildman–Crippen LogP) is 6.27. The molecule has 168 valence electrons. The summed E-state index contributed by atoms with van der Waals surface area (Å²) in [5.41, 5.74) is 3.14. The molecule has 1 aliphatic rings. The van der Waals surface area contributed by atoms with Crippen molar-refractivity contribution >= 4 is 46.2 Å². The zero-order chi connectivity index (χ0) is 23.4. The van der Waals surface area contributed by atoms with E-state index in [9.17, 15) is 9.18 Å².